The Morgan fingerprint density at radius 2 is 0.574 bits per heavy atom. The second-order valence-electron chi connectivity index (χ2n) is 15.4. The number of likely N-dealkylation sites (N-methyl/N-ethyl adjacent to an activating group) is 1. The molecule has 0 spiro atoms. The molecule has 1 unspecified atom stereocenters. The van der Waals surface area contributed by atoms with Crippen molar-refractivity contribution in [3.8, 4) is 0 Å². The third-order valence-electron chi connectivity index (χ3n) is 9.09. The summed E-state index contributed by atoms with van der Waals surface area (Å²) in [6.45, 7) is 2.62. The fourth-order valence-electron chi connectivity index (χ4n) is 5.95. The summed E-state index contributed by atoms with van der Waals surface area (Å²) in [6.07, 6.45) is -49.0. The third-order valence-corrected chi connectivity index (χ3v) is 13.3. The molecule has 0 fully saturated rings. The van der Waals surface area contributed by atoms with E-state index >= 15 is 0 Å². The van der Waals surface area contributed by atoms with Gasteiger partial charge in [-0.25, -0.2) is 0 Å². The Morgan fingerprint density at radius 3 is 0.750 bits per heavy atom. The monoisotopic (exact) mass is 1060 g/mol. The van der Waals surface area contributed by atoms with Gasteiger partial charge in [0, 0.05) is 28.3 Å². The summed E-state index contributed by atoms with van der Waals surface area (Å²) in [4.78, 5) is 14.7. The normalized spacial score (nSPS) is 14.5. The summed E-state index contributed by atoms with van der Waals surface area (Å²) in [5, 5.41) is -6.02. The van der Waals surface area contributed by atoms with Crippen molar-refractivity contribution < 1.29 is 115 Å². The molecule has 1 atom stereocenters. The lowest BCUT2D eigenvalue weighted by atomic mass is 9.89. The van der Waals surface area contributed by atoms with Gasteiger partial charge in [0.2, 0.25) is 0 Å². The van der Waals surface area contributed by atoms with Crippen LogP contribution in [0.4, 0.5) is 105 Å². The van der Waals surface area contributed by atoms with Gasteiger partial charge in [0.25, 0.3) is 5.91 Å². The van der Waals surface area contributed by atoms with E-state index in [2.05, 4.69) is 0 Å². The predicted molar refractivity (Wildman–Crippen MR) is 195 cm³/mol. The fraction of sp³-hybridized carbons (Fsp3) is 0.359. The maximum absolute atomic E-state index is 14.7. The van der Waals surface area contributed by atoms with Crippen LogP contribution in [0.3, 0.4) is 0 Å². The van der Waals surface area contributed by atoms with Crippen LogP contribution in [0.1, 0.15) is 65.3 Å². The molecule has 0 aromatic heterocycles. The van der Waals surface area contributed by atoms with Crippen LogP contribution in [0.2, 0.25) is 0 Å². The molecule has 0 N–H and O–H groups in total. The number of rotatable bonds is 8. The number of carbonyl (C=O) groups excluding carboxylic acids is 1. The lowest BCUT2D eigenvalue weighted by Crippen LogP contribution is -2.45. The maximum Gasteiger partial charge on any atom is 0.416 e. The summed E-state index contributed by atoms with van der Waals surface area (Å²) in [5.74, 6) is -2.00. The highest BCUT2D eigenvalue weighted by Gasteiger charge is 2.47. The average Bonchev–Trinajstić information content (AvgIpc) is 3.14. The van der Waals surface area contributed by atoms with Crippen LogP contribution in [-0.2, 0) is 58.7 Å². The highest BCUT2D eigenvalue weighted by Crippen LogP contribution is 2.50. The number of alkyl halides is 24. The van der Waals surface area contributed by atoms with Crippen molar-refractivity contribution >= 4 is 43.3 Å². The van der Waals surface area contributed by atoms with E-state index in [1.807, 2.05) is 0 Å². The van der Waals surface area contributed by atoms with E-state index in [4.69, 9.17) is 4.52 Å². The van der Waals surface area contributed by atoms with E-state index in [0.717, 1.165) is 20.8 Å². The summed E-state index contributed by atoms with van der Waals surface area (Å²) in [6, 6.07) is -3.86. The van der Waals surface area contributed by atoms with Crippen LogP contribution < -0.4 is 21.2 Å². The zero-order valence-corrected chi connectivity index (χ0v) is 35.5. The molecular weight excluding hydrogens is 1030 g/mol. The molecule has 0 saturated carbocycles. The number of amides is 1. The zero-order valence-electron chi connectivity index (χ0n) is 33.7. The quantitative estimate of drug-likeness (QED) is 0.130. The van der Waals surface area contributed by atoms with Gasteiger partial charge >= 0.3 is 49.4 Å². The van der Waals surface area contributed by atoms with Crippen molar-refractivity contribution in [1.82, 2.24) is 4.67 Å². The van der Waals surface area contributed by atoms with Gasteiger partial charge in [-0.05, 0) is 78.2 Å². The molecule has 4 aromatic rings. The molecule has 0 aliphatic rings. The fourth-order valence-corrected chi connectivity index (χ4v) is 10.5. The molecule has 1 amide bonds. The van der Waals surface area contributed by atoms with Crippen LogP contribution in [0.15, 0.2) is 72.8 Å². The van der Waals surface area contributed by atoms with E-state index in [0.29, 0.717) is 7.05 Å². The molecule has 4 rings (SSSR count). The van der Waals surface area contributed by atoms with E-state index in [1.54, 1.807) is 0 Å². The number of benzene rings is 4. The SMILES string of the molecule is CN(C(=O)C(OP(c1cc(C(F)(F)F)cc(C(F)(F)F)c1)c1cc(C(F)(F)F)cc(C(F)(F)F)c1)C(C)(C)C)P(c1cc(C(F)(F)F)cc(C(F)(F)F)c1)c1cc(C(F)(F)F)cc(C(F)(F)F)c1. The number of hydrogen-bond donors (Lipinski definition) is 0. The Hall–Kier alpha value is -4.51. The summed E-state index contributed by atoms with van der Waals surface area (Å²) in [7, 11) is -7.75. The number of nitrogens with zero attached hydrogens (tertiary/aromatic N) is 1. The van der Waals surface area contributed by atoms with Crippen LogP contribution in [0.25, 0.3) is 0 Å². The van der Waals surface area contributed by atoms with Gasteiger partial charge in [0.05, 0.1) is 60.7 Å². The highest BCUT2D eigenvalue weighted by atomic mass is 31.1. The minimum Gasteiger partial charge on any atom is -0.336 e. The second-order valence-corrected chi connectivity index (χ2v) is 19.5. The standard InChI is InChI=1S/C39H25F24NO2P2/c1-31(2,3)29(66-68(27-13-21(36(52,53)54)7-22(14-27)37(55,56)57)28-15-23(38(58,59)60)8-24(16-28)39(61,62)63)30(65)64(4)67(25-9-17(32(40,41)42)5-18(10-25)33(43,44)45)26-11-19(34(46,47)48)6-20(12-26)35(49,50)51/h5-16,29H,1-4H3. The summed E-state index contributed by atoms with van der Waals surface area (Å²) < 4.78 is 344. The van der Waals surface area contributed by atoms with Crippen molar-refractivity contribution in [3.05, 3.63) is 117 Å². The Kier molecular flexibility index (Phi) is 15.1. The molecule has 29 heteroatoms. The predicted octanol–water partition coefficient (Wildman–Crippen LogP) is 14.1. The first-order valence-electron chi connectivity index (χ1n) is 17.9. The Bertz CT molecular complexity index is 2210. The van der Waals surface area contributed by atoms with Gasteiger partial charge in [-0.3, -0.25) is 4.79 Å². The Labute approximate surface area is 368 Å². The molecule has 68 heavy (non-hydrogen) atoms. The van der Waals surface area contributed by atoms with Crippen molar-refractivity contribution in [3.63, 3.8) is 0 Å². The summed E-state index contributed by atoms with van der Waals surface area (Å²) >= 11 is 0. The molecule has 0 saturated heterocycles. The highest BCUT2D eigenvalue weighted by molar-refractivity contribution is 7.71. The van der Waals surface area contributed by atoms with Gasteiger partial charge in [-0.15, -0.1) is 0 Å². The first-order valence-corrected chi connectivity index (χ1v) is 20.5. The molecule has 0 aliphatic heterocycles. The average molecular weight is 1060 g/mol. The van der Waals surface area contributed by atoms with Gasteiger partial charge in [0.1, 0.15) is 6.10 Å². The van der Waals surface area contributed by atoms with Gasteiger partial charge in [-0.2, -0.15) is 105 Å². The van der Waals surface area contributed by atoms with E-state index in [9.17, 15) is 110 Å². The number of hydrogen-bond acceptors (Lipinski definition) is 2. The first-order chi connectivity index (χ1) is 30.2. The molecule has 4 aromatic carbocycles. The first kappa shape index (κ1) is 56.1. The maximum atomic E-state index is 14.7. The van der Waals surface area contributed by atoms with Crippen molar-refractivity contribution in [1.29, 1.82) is 0 Å². The van der Waals surface area contributed by atoms with Crippen LogP contribution >= 0.6 is 16.2 Å². The largest absolute Gasteiger partial charge is 0.416 e. The molecule has 0 bridgehead atoms. The molecule has 0 radical (unpaired) electrons. The van der Waals surface area contributed by atoms with Crippen molar-refractivity contribution in [2.75, 3.05) is 7.05 Å². The Balaban J connectivity index is 2.18. The molecule has 376 valence electrons. The summed E-state index contributed by atoms with van der Waals surface area (Å²) in [5.41, 5.74) is -20.2. The van der Waals surface area contributed by atoms with Gasteiger partial charge < -0.3 is 9.19 Å². The van der Waals surface area contributed by atoms with E-state index in [1.165, 1.54) is 0 Å². The lowest BCUT2D eigenvalue weighted by molar-refractivity contribution is -0.144. The second kappa shape index (κ2) is 18.3. The van der Waals surface area contributed by atoms with Gasteiger partial charge in [-0.1, -0.05) is 20.8 Å². The zero-order chi connectivity index (χ0) is 52.5. The van der Waals surface area contributed by atoms with Crippen LogP contribution in [0.5, 0.6) is 0 Å². The lowest BCUT2D eigenvalue weighted by Gasteiger charge is -2.38. The molecule has 0 heterocycles. The minimum absolute atomic E-state index is 0.0788. The molecule has 0 aliphatic carbocycles. The van der Waals surface area contributed by atoms with Gasteiger partial charge in [0.15, 0.2) is 0 Å². The smallest absolute Gasteiger partial charge is 0.336 e. The number of halogens is 24. The molecule has 3 nitrogen and oxygen atoms in total. The Morgan fingerprint density at radius 1 is 0.382 bits per heavy atom. The van der Waals surface area contributed by atoms with E-state index in [-0.39, 0.29) is 53.2 Å². The van der Waals surface area contributed by atoms with Crippen LogP contribution in [-0.4, -0.2) is 23.7 Å². The van der Waals surface area contributed by atoms with E-state index < -0.39 is 173 Å². The number of carbonyl (C=O) groups is 1. The minimum atomic E-state index is -5.78. The third kappa shape index (κ3) is 13.4. The van der Waals surface area contributed by atoms with Crippen LogP contribution in [0, 0.1) is 5.41 Å². The topological polar surface area (TPSA) is 29.5 Å². The molecular formula is C39H25F24NO2P2. The van der Waals surface area contributed by atoms with Crippen molar-refractivity contribution in [2.45, 2.75) is 76.3 Å². The van der Waals surface area contributed by atoms with Crippen molar-refractivity contribution in [2.24, 2.45) is 5.41 Å².